The third-order valence-electron chi connectivity index (χ3n) is 4.82. The predicted octanol–water partition coefficient (Wildman–Crippen LogP) is 1.54. The molecule has 1 aromatic heterocycles. The van der Waals surface area contributed by atoms with Gasteiger partial charge in [-0.25, -0.2) is 9.78 Å². The predicted molar refractivity (Wildman–Crippen MR) is 118 cm³/mol. The van der Waals surface area contributed by atoms with E-state index >= 15 is 0 Å². The summed E-state index contributed by atoms with van der Waals surface area (Å²) in [6.07, 6.45) is 4.97. The van der Waals surface area contributed by atoms with Crippen LogP contribution in [0.2, 0.25) is 0 Å². The molecule has 4 amide bonds. The van der Waals surface area contributed by atoms with E-state index in [4.69, 9.17) is 0 Å². The fourth-order valence-corrected chi connectivity index (χ4v) is 3.04. The number of hydrogen-bond acceptors (Lipinski definition) is 6. The minimum Gasteiger partial charge on any atom is -0.352 e. The number of nitrogens with zero attached hydrogens (tertiary/aromatic N) is 4. The molecule has 0 unspecified atom stereocenters. The van der Waals surface area contributed by atoms with Gasteiger partial charge in [0.05, 0.1) is 12.7 Å². The van der Waals surface area contributed by atoms with Gasteiger partial charge in [-0.05, 0) is 18.2 Å². The Bertz CT molecular complexity index is 912. The Morgan fingerprint density at radius 3 is 2.39 bits per heavy atom. The van der Waals surface area contributed by atoms with Crippen LogP contribution in [-0.2, 0) is 9.59 Å². The van der Waals surface area contributed by atoms with Gasteiger partial charge < -0.3 is 25.8 Å². The maximum atomic E-state index is 12.4. The van der Waals surface area contributed by atoms with Crippen molar-refractivity contribution in [1.82, 2.24) is 20.2 Å². The zero-order chi connectivity index (χ0) is 22.2. The molecule has 0 saturated carbocycles. The second-order valence-electron chi connectivity index (χ2n) is 7.46. The summed E-state index contributed by atoms with van der Waals surface area (Å²) in [4.78, 5) is 48.5. The van der Waals surface area contributed by atoms with E-state index in [2.05, 4.69) is 30.8 Å². The van der Waals surface area contributed by atoms with Crippen LogP contribution in [0.15, 0.2) is 42.9 Å². The SMILES string of the molecule is CC(C)C(=O)Nc1cccc(NC(=O)NCC(=O)N2CCN(c3cnccn3)CC2)c1. The first-order valence-electron chi connectivity index (χ1n) is 10.2. The largest absolute Gasteiger partial charge is 0.352 e. The van der Waals surface area contributed by atoms with Crippen LogP contribution >= 0.6 is 0 Å². The Labute approximate surface area is 181 Å². The number of nitrogens with one attached hydrogen (secondary N) is 3. The molecule has 1 aliphatic heterocycles. The van der Waals surface area contributed by atoms with Crippen LogP contribution in [0.1, 0.15) is 13.8 Å². The lowest BCUT2D eigenvalue weighted by Gasteiger charge is -2.35. The van der Waals surface area contributed by atoms with Gasteiger partial charge in [-0.1, -0.05) is 19.9 Å². The van der Waals surface area contributed by atoms with Gasteiger partial charge in [-0.3, -0.25) is 14.6 Å². The number of piperazine rings is 1. The molecule has 0 spiro atoms. The third-order valence-corrected chi connectivity index (χ3v) is 4.82. The van der Waals surface area contributed by atoms with E-state index in [1.165, 1.54) is 0 Å². The Morgan fingerprint density at radius 2 is 1.74 bits per heavy atom. The molecule has 1 saturated heterocycles. The van der Waals surface area contributed by atoms with Gasteiger partial charge in [0.25, 0.3) is 0 Å². The highest BCUT2D eigenvalue weighted by Crippen LogP contribution is 2.16. The molecule has 1 aromatic carbocycles. The summed E-state index contributed by atoms with van der Waals surface area (Å²) in [5.74, 6) is 0.394. The molecule has 1 fully saturated rings. The van der Waals surface area contributed by atoms with E-state index in [9.17, 15) is 14.4 Å². The van der Waals surface area contributed by atoms with Crippen molar-refractivity contribution in [2.75, 3.05) is 48.3 Å². The van der Waals surface area contributed by atoms with Gasteiger partial charge in [-0.2, -0.15) is 0 Å². The van der Waals surface area contributed by atoms with Crippen LogP contribution in [0.25, 0.3) is 0 Å². The fourth-order valence-electron chi connectivity index (χ4n) is 3.04. The van der Waals surface area contributed by atoms with Gasteiger partial charge in [-0.15, -0.1) is 0 Å². The first kappa shape index (κ1) is 22.0. The van der Waals surface area contributed by atoms with Crippen molar-refractivity contribution in [3.8, 4) is 0 Å². The molecule has 3 rings (SSSR count). The van der Waals surface area contributed by atoms with E-state index in [1.54, 1.807) is 61.6 Å². The van der Waals surface area contributed by atoms with Crippen molar-refractivity contribution in [2.45, 2.75) is 13.8 Å². The summed E-state index contributed by atoms with van der Waals surface area (Å²) in [6, 6.07) is 6.35. The average Bonchev–Trinajstić information content (AvgIpc) is 2.78. The number of carbonyl (C=O) groups is 3. The zero-order valence-electron chi connectivity index (χ0n) is 17.7. The zero-order valence-corrected chi connectivity index (χ0v) is 17.7. The van der Waals surface area contributed by atoms with Crippen molar-refractivity contribution in [3.63, 3.8) is 0 Å². The minimum atomic E-state index is -0.487. The summed E-state index contributed by atoms with van der Waals surface area (Å²) < 4.78 is 0. The number of amides is 4. The third kappa shape index (κ3) is 6.39. The van der Waals surface area contributed by atoms with Gasteiger partial charge in [0, 0.05) is 55.9 Å². The molecule has 164 valence electrons. The van der Waals surface area contributed by atoms with E-state index in [1.807, 2.05) is 0 Å². The minimum absolute atomic E-state index is 0.0965. The monoisotopic (exact) mass is 425 g/mol. The maximum absolute atomic E-state index is 12.4. The van der Waals surface area contributed by atoms with E-state index in [0.717, 1.165) is 5.82 Å². The maximum Gasteiger partial charge on any atom is 0.319 e. The normalized spacial score (nSPS) is 13.6. The Kier molecular flexibility index (Phi) is 7.36. The summed E-state index contributed by atoms with van der Waals surface area (Å²) in [7, 11) is 0. The summed E-state index contributed by atoms with van der Waals surface area (Å²) in [6.45, 7) is 5.93. The average molecular weight is 425 g/mol. The van der Waals surface area contributed by atoms with Crippen LogP contribution < -0.4 is 20.9 Å². The molecule has 0 radical (unpaired) electrons. The first-order chi connectivity index (χ1) is 14.9. The summed E-state index contributed by atoms with van der Waals surface area (Å²) in [5, 5.41) is 8.04. The van der Waals surface area contributed by atoms with Crippen LogP contribution in [0, 0.1) is 5.92 Å². The van der Waals surface area contributed by atoms with Crippen molar-refractivity contribution in [1.29, 1.82) is 0 Å². The quantitative estimate of drug-likeness (QED) is 0.646. The molecule has 0 aliphatic carbocycles. The van der Waals surface area contributed by atoms with E-state index < -0.39 is 6.03 Å². The molecular weight excluding hydrogens is 398 g/mol. The highest BCUT2D eigenvalue weighted by Gasteiger charge is 2.22. The standard InChI is InChI=1S/C21H27N7O3/c1-15(2)20(30)25-16-4-3-5-17(12-16)26-21(31)24-14-19(29)28-10-8-27(9-11-28)18-13-22-6-7-23-18/h3-7,12-13,15H,8-11,14H2,1-2H3,(H,25,30)(H2,24,26,31). The topological polar surface area (TPSA) is 120 Å². The molecule has 2 heterocycles. The van der Waals surface area contributed by atoms with Crippen LogP contribution in [0.5, 0.6) is 0 Å². The molecule has 2 aromatic rings. The number of benzene rings is 1. The van der Waals surface area contributed by atoms with Crippen LogP contribution in [0.4, 0.5) is 22.0 Å². The number of anilines is 3. The fraction of sp³-hybridized carbons (Fsp3) is 0.381. The van der Waals surface area contributed by atoms with Gasteiger partial charge >= 0.3 is 6.03 Å². The van der Waals surface area contributed by atoms with Gasteiger partial charge in [0.15, 0.2) is 0 Å². The van der Waals surface area contributed by atoms with Gasteiger partial charge in [0.1, 0.15) is 5.82 Å². The number of urea groups is 1. The Morgan fingerprint density at radius 1 is 1.03 bits per heavy atom. The smallest absolute Gasteiger partial charge is 0.319 e. The van der Waals surface area contributed by atoms with Crippen LogP contribution in [-0.4, -0.2) is 65.4 Å². The number of rotatable bonds is 6. The van der Waals surface area contributed by atoms with Crippen molar-refractivity contribution < 1.29 is 14.4 Å². The number of aromatic nitrogens is 2. The van der Waals surface area contributed by atoms with Crippen molar-refractivity contribution >= 4 is 35.0 Å². The lowest BCUT2D eigenvalue weighted by Crippen LogP contribution is -2.51. The number of hydrogen-bond donors (Lipinski definition) is 3. The lowest BCUT2D eigenvalue weighted by atomic mass is 10.2. The van der Waals surface area contributed by atoms with E-state index in [0.29, 0.717) is 37.6 Å². The van der Waals surface area contributed by atoms with Crippen molar-refractivity contribution in [2.24, 2.45) is 5.92 Å². The molecule has 3 N–H and O–H groups in total. The molecule has 1 aliphatic rings. The second-order valence-corrected chi connectivity index (χ2v) is 7.46. The van der Waals surface area contributed by atoms with Crippen molar-refractivity contribution in [3.05, 3.63) is 42.9 Å². The molecule has 31 heavy (non-hydrogen) atoms. The molecule has 0 bridgehead atoms. The highest BCUT2D eigenvalue weighted by atomic mass is 16.2. The van der Waals surface area contributed by atoms with Crippen LogP contribution in [0.3, 0.4) is 0 Å². The summed E-state index contributed by atoms with van der Waals surface area (Å²) in [5.41, 5.74) is 1.11. The molecular formula is C21H27N7O3. The Hall–Kier alpha value is -3.69. The Balaban J connectivity index is 1.43. The van der Waals surface area contributed by atoms with Gasteiger partial charge in [0.2, 0.25) is 11.8 Å². The molecule has 10 heteroatoms. The van der Waals surface area contributed by atoms with E-state index in [-0.39, 0.29) is 24.3 Å². The number of carbonyl (C=O) groups excluding carboxylic acids is 3. The summed E-state index contributed by atoms with van der Waals surface area (Å²) >= 11 is 0. The second kappa shape index (κ2) is 10.4. The first-order valence-corrected chi connectivity index (χ1v) is 10.2. The lowest BCUT2D eigenvalue weighted by molar-refractivity contribution is -0.130. The highest BCUT2D eigenvalue weighted by molar-refractivity contribution is 5.95. The molecule has 0 atom stereocenters. The molecule has 10 nitrogen and oxygen atoms in total.